The summed E-state index contributed by atoms with van der Waals surface area (Å²) in [5, 5.41) is -0.547. The second kappa shape index (κ2) is 5.10. The summed E-state index contributed by atoms with van der Waals surface area (Å²) in [6.07, 6.45) is 1.92. The quantitative estimate of drug-likeness (QED) is 0.900. The zero-order valence-electron chi connectivity index (χ0n) is 10.2. The molecule has 0 aliphatic rings. The topological polar surface area (TPSA) is 59.1 Å². The summed E-state index contributed by atoms with van der Waals surface area (Å²) in [6.45, 7) is 6.27. The SMILES string of the molecule is CC(C)(C)CCNS(=O)(=O)c1ncccc1F. The molecule has 6 heteroatoms. The van der Waals surface area contributed by atoms with E-state index in [1.165, 1.54) is 12.3 Å². The molecule has 1 rings (SSSR count). The van der Waals surface area contributed by atoms with Gasteiger partial charge in [-0.15, -0.1) is 0 Å². The molecule has 0 spiro atoms. The molecule has 96 valence electrons. The van der Waals surface area contributed by atoms with Crippen molar-refractivity contribution in [1.29, 1.82) is 0 Å². The highest BCUT2D eigenvalue weighted by Gasteiger charge is 2.20. The molecule has 17 heavy (non-hydrogen) atoms. The minimum absolute atomic E-state index is 0.0190. The smallest absolute Gasteiger partial charge is 0.241 e. The molecular formula is C11H17FN2O2S. The molecule has 0 aromatic carbocycles. The van der Waals surface area contributed by atoms with Crippen molar-refractivity contribution in [2.24, 2.45) is 5.41 Å². The number of sulfonamides is 1. The Kier molecular flexibility index (Phi) is 4.21. The van der Waals surface area contributed by atoms with Crippen molar-refractivity contribution >= 4 is 10.0 Å². The van der Waals surface area contributed by atoms with Crippen LogP contribution in [-0.2, 0) is 10.0 Å². The molecule has 1 aromatic heterocycles. The summed E-state index contributed by atoms with van der Waals surface area (Å²) in [6, 6.07) is 2.43. The molecule has 0 atom stereocenters. The van der Waals surface area contributed by atoms with E-state index in [0.29, 0.717) is 6.42 Å². The third-order valence-electron chi connectivity index (χ3n) is 2.15. The summed E-state index contributed by atoms with van der Waals surface area (Å²) < 4.78 is 39.1. The van der Waals surface area contributed by atoms with Gasteiger partial charge in [-0.05, 0) is 24.0 Å². The molecule has 1 N–H and O–H groups in total. The fourth-order valence-corrected chi connectivity index (χ4v) is 2.23. The highest BCUT2D eigenvalue weighted by molar-refractivity contribution is 7.89. The lowest BCUT2D eigenvalue weighted by Crippen LogP contribution is -2.28. The van der Waals surface area contributed by atoms with E-state index in [2.05, 4.69) is 9.71 Å². The van der Waals surface area contributed by atoms with Gasteiger partial charge >= 0.3 is 0 Å². The van der Waals surface area contributed by atoms with Crippen LogP contribution in [0.25, 0.3) is 0 Å². The van der Waals surface area contributed by atoms with Crippen molar-refractivity contribution < 1.29 is 12.8 Å². The predicted octanol–water partition coefficient (Wildman–Crippen LogP) is 1.94. The lowest BCUT2D eigenvalue weighted by atomic mass is 9.93. The van der Waals surface area contributed by atoms with Crippen LogP contribution in [0.3, 0.4) is 0 Å². The first-order chi connectivity index (χ1) is 7.72. The number of hydrogen-bond acceptors (Lipinski definition) is 3. The fraction of sp³-hybridized carbons (Fsp3) is 0.545. The maximum Gasteiger partial charge on any atom is 0.261 e. The van der Waals surface area contributed by atoms with Gasteiger partial charge in [0.25, 0.3) is 10.0 Å². The first-order valence-corrected chi connectivity index (χ1v) is 6.81. The van der Waals surface area contributed by atoms with Gasteiger partial charge in [0.2, 0.25) is 5.03 Å². The van der Waals surface area contributed by atoms with Gasteiger partial charge in [-0.25, -0.2) is 22.5 Å². The average molecular weight is 260 g/mol. The van der Waals surface area contributed by atoms with Gasteiger partial charge in [-0.1, -0.05) is 20.8 Å². The van der Waals surface area contributed by atoms with Gasteiger partial charge < -0.3 is 0 Å². The summed E-state index contributed by atoms with van der Waals surface area (Å²) in [4.78, 5) is 3.54. The largest absolute Gasteiger partial charge is 0.261 e. The van der Waals surface area contributed by atoms with Crippen molar-refractivity contribution in [2.75, 3.05) is 6.54 Å². The van der Waals surface area contributed by atoms with Gasteiger partial charge in [-0.3, -0.25) is 0 Å². The van der Waals surface area contributed by atoms with Crippen LogP contribution in [0.1, 0.15) is 27.2 Å². The monoisotopic (exact) mass is 260 g/mol. The number of pyridine rings is 1. The molecule has 0 amide bonds. The summed E-state index contributed by atoms with van der Waals surface area (Å²) >= 11 is 0. The molecule has 1 aromatic rings. The molecule has 0 saturated carbocycles. The fourth-order valence-electron chi connectivity index (χ4n) is 1.20. The van der Waals surface area contributed by atoms with E-state index >= 15 is 0 Å². The Hall–Kier alpha value is -1.01. The Morgan fingerprint density at radius 1 is 1.41 bits per heavy atom. The van der Waals surface area contributed by atoms with E-state index in [4.69, 9.17) is 0 Å². The lowest BCUT2D eigenvalue weighted by Gasteiger charge is -2.17. The highest BCUT2D eigenvalue weighted by Crippen LogP contribution is 2.18. The highest BCUT2D eigenvalue weighted by atomic mass is 32.2. The Balaban J connectivity index is 2.74. The Bertz CT molecular complexity index is 480. The van der Waals surface area contributed by atoms with Crippen molar-refractivity contribution in [3.8, 4) is 0 Å². The summed E-state index contributed by atoms with van der Waals surface area (Å²) in [5.41, 5.74) is 0.0190. The lowest BCUT2D eigenvalue weighted by molar-refractivity contribution is 0.378. The first-order valence-electron chi connectivity index (χ1n) is 5.32. The van der Waals surface area contributed by atoms with Crippen LogP contribution in [-0.4, -0.2) is 19.9 Å². The zero-order chi connectivity index (χ0) is 13.1. The normalized spacial score (nSPS) is 12.7. The molecular weight excluding hydrogens is 243 g/mol. The molecule has 1 heterocycles. The van der Waals surface area contributed by atoms with Crippen LogP contribution in [0.15, 0.2) is 23.4 Å². The van der Waals surface area contributed by atoms with Gasteiger partial charge in [-0.2, -0.15) is 0 Å². The molecule has 0 fully saturated rings. The third kappa shape index (κ3) is 4.40. The van der Waals surface area contributed by atoms with E-state index in [0.717, 1.165) is 6.07 Å². The number of nitrogens with zero attached hydrogens (tertiary/aromatic N) is 1. The maximum atomic E-state index is 13.3. The number of nitrogens with one attached hydrogen (secondary N) is 1. The van der Waals surface area contributed by atoms with E-state index in [1.807, 2.05) is 20.8 Å². The average Bonchev–Trinajstić information content (AvgIpc) is 2.15. The standard InChI is InChI=1S/C11H17FN2O2S/c1-11(2,3)6-8-14-17(15,16)10-9(12)5-4-7-13-10/h4-5,7,14H,6,8H2,1-3H3. The number of rotatable bonds is 4. The molecule has 0 aliphatic heterocycles. The molecule has 4 nitrogen and oxygen atoms in total. The van der Waals surface area contributed by atoms with Crippen LogP contribution in [0.5, 0.6) is 0 Å². The van der Waals surface area contributed by atoms with Gasteiger partial charge in [0.05, 0.1) is 0 Å². The Morgan fingerprint density at radius 2 is 2.06 bits per heavy atom. The first kappa shape index (κ1) is 14.1. The summed E-state index contributed by atoms with van der Waals surface area (Å²) in [5.74, 6) is -0.837. The van der Waals surface area contributed by atoms with Crippen LogP contribution >= 0.6 is 0 Å². The summed E-state index contributed by atoms with van der Waals surface area (Å²) in [7, 11) is -3.85. The molecule has 0 saturated heterocycles. The molecule has 0 bridgehead atoms. The maximum absolute atomic E-state index is 13.3. The number of halogens is 1. The minimum atomic E-state index is -3.85. The van der Waals surface area contributed by atoms with E-state index in [9.17, 15) is 12.8 Å². The number of aromatic nitrogens is 1. The van der Waals surface area contributed by atoms with Crippen molar-refractivity contribution in [3.63, 3.8) is 0 Å². The Labute approximate surface area is 101 Å². The van der Waals surface area contributed by atoms with Gasteiger partial charge in [0, 0.05) is 12.7 Å². The van der Waals surface area contributed by atoms with Crippen LogP contribution in [0, 0.1) is 11.2 Å². The van der Waals surface area contributed by atoms with Crippen molar-refractivity contribution in [3.05, 3.63) is 24.1 Å². The molecule has 0 aliphatic carbocycles. The van der Waals surface area contributed by atoms with E-state index < -0.39 is 20.9 Å². The zero-order valence-corrected chi connectivity index (χ0v) is 11.0. The number of hydrogen-bond donors (Lipinski definition) is 1. The van der Waals surface area contributed by atoms with Crippen LogP contribution in [0.2, 0.25) is 0 Å². The predicted molar refractivity (Wildman–Crippen MR) is 63.5 cm³/mol. The molecule has 0 radical (unpaired) electrons. The second-order valence-electron chi connectivity index (χ2n) is 5.00. The minimum Gasteiger partial charge on any atom is -0.241 e. The van der Waals surface area contributed by atoms with Crippen LogP contribution in [0.4, 0.5) is 4.39 Å². The Morgan fingerprint density at radius 3 is 2.59 bits per heavy atom. The second-order valence-corrected chi connectivity index (χ2v) is 6.68. The van der Waals surface area contributed by atoms with Gasteiger partial charge in [0.1, 0.15) is 0 Å². The van der Waals surface area contributed by atoms with E-state index in [-0.39, 0.29) is 12.0 Å². The molecule has 0 unspecified atom stereocenters. The van der Waals surface area contributed by atoms with Crippen LogP contribution < -0.4 is 4.72 Å². The van der Waals surface area contributed by atoms with Crippen molar-refractivity contribution in [1.82, 2.24) is 9.71 Å². The van der Waals surface area contributed by atoms with Gasteiger partial charge in [0.15, 0.2) is 5.82 Å². The van der Waals surface area contributed by atoms with Crippen molar-refractivity contribution in [2.45, 2.75) is 32.2 Å². The third-order valence-corrected chi connectivity index (χ3v) is 3.54. The van der Waals surface area contributed by atoms with E-state index in [1.54, 1.807) is 0 Å².